The number of halogens is 6. The van der Waals surface area contributed by atoms with Gasteiger partial charge in [-0.1, -0.05) is 64.1 Å². The second-order valence-corrected chi connectivity index (χ2v) is 12.0. The first-order chi connectivity index (χ1) is 16.3. The average Bonchev–Trinajstić information content (AvgIpc) is 3.21. The number of aromatic nitrogens is 1. The molecule has 3 rings (SSSR count). The molecule has 1 heterocycles. The van der Waals surface area contributed by atoms with Gasteiger partial charge in [0.25, 0.3) is 0 Å². The van der Waals surface area contributed by atoms with E-state index in [0.717, 1.165) is 12.1 Å². The Kier molecular flexibility index (Phi) is 8.46. The van der Waals surface area contributed by atoms with Gasteiger partial charge in [-0.25, -0.2) is 0 Å². The quantitative estimate of drug-likeness (QED) is 0.357. The van der Waals surface area contributed by atoms with Crippen LogP contribution in [0, 0.1) is 0 Å². The Balaban J connectivity index is 0.000000416. The van der Waals surface area contributed by atoms with Crippen LogP contribution in [0.15, 0.2) is 54.7 Å². The molecule has 0 atom stereocenters. The summed E-state index contributed by atoms with van der Waals surface area (Å²) < 4.78 is 125. The van der Waals surface area contributed by atoms with Crippen molar-refractivity contribution >= 4 is 36.6 Å². The van der Waals surface area contributed by atoms with E-state index in [1.807, 2.05) is 18.3 Å². The lowest BCUT2D eigenvalue weighted by molar-refractivity contribution is -0.0462. The van der Waals surface area contributed by atoms with Crippen molar-refractivity contribution in [2.45, 2.75) is 50.5 Å². The summed E-state index contributed by atoms with van der Waals surface area (Å²) in [6.45, 7) is 5.51. The summed E-state index contributed by atoms with van der Waals surface area (Å²) in [6, 6.07) is 13.7. The zero-order chi connectivity index (χ0) is 27.7. The molecule has 6 nitrogen and oxygen atoms in total. The number of alkyl halides is 6. The van der Waals surface area contributed by atoms with Gasteiger partial charge < -0.3 is 4.98 Å². The van der Waals surface area contributed by atoms with Crippen molar-refractivity contribution in [2.75, 3.05) is 3.71 Å². The number of benzene rings is 2. The number of rotatable bonds is 5. The van der Waals surface area contributed by atoms with E-state index in [2.05, 4.69) is 23.2 Å². The SMILES string of the molecule is CC(C)c1cccc(C(C)C)c1N(S(=O)(=O)C(F)(F)F)S(=O)(=O)C(F)(F)F.c1ccc2[nH]ccc2c1. The molecule has 1 N–H and O–H groups in total. The van der Waals surface area contributed by atoms with Gasteiger partial charge in [0, 0.05) is 11.7 Å². The Morgan fingerprint density at radius 2 is 1.14 bits per heavy atom. The van der Waals surface area contributed by atoms with Crippen LogP contribution in [0.3, 0.4) is 0 Å². The molecular weight excluding hydrogens is 534 g/mol. The van der Waals surface area contributed by atoms with E-state index in [0.29, 0.717) is 0 Å². The van der Waals surface area contributed by atoms with Crippen molar-refractivity contribution in [1.29, 1.82) is 0 Å². The second kappa shape index (κ2) is 10.3. The van der Waals surface area contributed by atoms with E-state index in [1.54, 1.807) is 0 Å². The van der Waals surface area contributed by atoms with Gasteiger partial charge in [0.2, 0.25) is 0 Å². The standard InChI is InChI=1S/C14H17F6NO4S2.C8H7N/c1-8(2)10-6-5-7-11(9(3)4)12(10)21(26(22,23)13(15,16)17)27(24,25)14(18,19)20;1-2-4-8-7(3-1)5-6-9-8/h5-9H,1-4H3;1-6,9H. The van der Waals surface area contributed by atoms with Crippen molar-refractivity contribution in [1.82, 2.24) is 4.98 Å². The first-order valence-electron chi connectivity index (χ1n) is 10.4. The number of nitrogens with zero attached hydrogens (tertiary/aromatic N) is 1. The summed E-state index contributed by atoms with van der Waals surface area (Å²) in [6.07, 6.45) is 1.95. The zero-order valence-electron chi connectivity index (χ0n) is 19.5. The third-order valence-electron chi connectivity index (χ3n) is 5.01. The molecule has 1 aromatic heterocycles. The molecule has 0 fully saturated rings. The van der Waals surface area contributed by atoms with E-state index in [4.69, 9.17) is 0 Å². The molecule has 0 aliphatic rings. The predicted octanol–water partition coefficient (Wildman–Crippen LogP) is 6.61. The molecule has 0 amide bonds. The fourth-order valence-electron chi connectivity index (χ4n) is 3.28. The molecule has 0 saturated heterocycles. The third-order valence-corrected chi connectivity index (χ3v) is 8.59. The summed E-state index contributed by atoms with van der Waals surface area (Å²) in [5, 5.41) is 1.28. The molecule has 0 aliphatic carbocycles. The third kappa shape index (κ3) is 5.80. The maximum atomic E-state index is 13.1. The van der Waals surface area contributed by atoms with Crippen molar-refractivity contribution in [3.8, 4) is 0 Å². The summed E-state index contributed by atoms with van der Waals surface area (Å²) in [4.78, 5) is 3.12. The summed E-state index contributed by atoms with van der Waals surface area (Å²) in [7, 11) is -13.8. The van der Waals surface area contributed by atoms with Gasteiger partial charge in [0.15, 0.2) is 0 Å². The topological polar surface area (TPSA) is 87.3 Å². The molecule has 0 saturated carbocycles. The smallest absolute Gasteiger partial charge is 0.361 e. The highest BCUT2D eigenvalue weighted by Gasteiger charge is 2.62. The van der Waals surface area contributed by atoms with Crippen molar-refractivity contribution < 1.29 is 43.2 Å². The van der Waals surface area contributed by atoms with Crippen LogP contribution in [0.25, 0.3) is 10.9 Å². The zero-order valence-corrected chi connectivity index (χ0v) is 21.1. The van der Waals surface area contributed by atoms with Gasteiger partial charge >= 0.3 is 31.1 Å². The van der Waals surface area contributed by atoms with E-state index in [9.17, 15) is 43.2 Å². The highest BCUT2D eigenvalue weighted by Crippen LogP contribution is 2.44. The van der Waals surface area contributed by atoms with Gasteiger partial charge in [-0.3, -0.25) is 0 Å². The second-order valence-electron chi connectivity index (χ2n) is 8.26. The number of para-hydroxylation sites is 2. The lowest BCUT2D eigenvalue weighted by Gasteiger charge is -2.30. The minimum atomic E-state index is -6.92. The molecular formula is C22H24F6N2O4S2. The molecule has 0 spiro atoms. The van der Waals surface area contributed by atoms with E-state index in [-0.39, 0.29) is 11.1 Å². The van der Waals surface area contributed by atoms with Gasteiger partial charge in [0.1, 0.15) is 0 Å². The number of sulfonamides is 2. The molecule has 36 heavy (non-hydrogen) atoms. The van der Waals surface area contributed by atoms with Gasteiger partial charge in [-0.15, -0.1) is 3.71 Å². The van der Waals surface area contributed by atoms with E-state index >= 15 is 0 Å². The summed E-state index contributed by atoms with van der Waals surface area (Å²) >= 11 is 0. The number of H-pyrrole nitrogens is 1. The van der Waals surface area contributed by atoms with Gasteiger partial charge in [-0.05, 0) is 40.5 Å². The maximum Gasteiger partial charge on any atom is 0.517 e. The molecule has 0 aliphatic heterocycles. The Labute approximate surface area is 205 Å². The minimum absolute atomic E-state index is 0.290. The highest BCUT2D eigenvalue weighted by molar-refractivity contribution is 8.11. The number of aromatic amines is 1. The average molecular weight is 559 g/mol. The lowest BCUT2D eigenvalue weighted by Crippen LogP contribution is -2.50. The van der Waals surface area contributed by atoms with Crippen molar-refractivity contribution in [3.05, 3.63) is 65.9 Å². The summed E-state index contributed by atoms with van der Waals surface area (Å²) in [5.74, 6) is -1.54. The Morgan fingerprint density at radius 3 is 1.53 bits per heavy atom. The maximum absolute atomic E-state index is 13.1. The number of anilines is 1. The number of nitrogens with one attached hydrogen (secondary N) is 1. The van der Waals surface area contributed by atoms with Crippen molar-refractivity contribution in [2.24, 2.45) is 0 Å². The van der Waals surface area contributed by atoms with Gasteiger partial charge in [0.05, 0.1) is 5.69 Å². The fraction of sp³-hybridized carbons (Fsp3) is 0.364. The van der Waals surface area contributed by atoms with Gasteiger partial charge in [-0.2, -0.15) is 43.2 Å². The summed E-state index contributed by atoms with van der Waals surface area (Å²) in [5.41, 5.74) is -13.1. The number of hydrogen-bond acceptors (Lipinski definition) is 4. The van der Waals surface area contributed by atoms with Crippen LogP contribution >= 0.6 is 0 Å². The van der Waals surface area contributed by atoms with Crippen LogP contribution in [0.2, 0.25) is 0 Å². The predicted molar refractivity (Wildman–Crippen MR) is 125 cm³/mol. The highest BCUT2D eigenvalue weighted by atomic mass is 32.3. The van der Waals surface area contributed by atoms with Crippen molar-refractivity contribution in [3.63, 3.8) is 0 Å². The van der Waals surface area contributed by atoms with Crippen LogP contribution < -0.4 is 3.71 Å². The molecule has 0 bridgehead atoms. The van der Waals surface area contributed by atoms with Crippen LogP contribution in [0.5, 0.6) is 0 Å². The van der Waals surface area contributed by atoms with E-state index < -0.39 is 52.3 Å². The van der Waals surface area contributed by atoms with Crippen LogP contribution in [0.1, 0.15) is 50.7 Å². The molecule has 2 aromatic carbocycles. The van der Waals surface area contributed by atoms with Crippen LogP contribution in [-0.4, -0.2) is 32.8 Å². The number of hydrogen-bond donors (Lipinski definition) is 1. The lowest BCUT2D eigenvalue weighted by atomic mass is 9.93. The minimum Gasteiger partial charge on any atom is -0.361 e. The molecule has 14 heteroatoms. The van der Waals surface area contributed by atoms with Crippen LogP contribution in [-0.2, 0) is 20.0 Å². The normalized spacial score (nSPS) is 13.1. The van der Waals surface area contributed by atoms with Crippen LogP contribution in [0.4, 0.5) is 32.0 Å². The Bertz CT molecular complexity index is 1310. The molecule has 3 aromatic rings. The molecule has 0 radical (unpaired) electrons. The van der Waals surface area contributed by atoms with E-state index in [1.165, 1.54) is 44.7 Å². The first kappa shape index (κ1) is 29.5. The Morgan fingerprint density at radius 1 is 0.694 bits per heavy atom. The monoisotopic (exact) mass is 558 g/mol. The molecule has 0 unspecified atom stereocenters. The molecule has 200 valence electrons. The first-order valence-corrected chi connectivity index (χ1v) is 13.3. The Hall–Kier alpha value is -2.74. The number of fused-ring (bicyclic) bond motifs is 1. The largest absolute Gasteiger partial charge is 0.517 e. The fourth-order valence-corrected chi connectivity index (χ4v) is 6.09.